The number of carbonyl (C=O) groups excluding carboxylic acids is 1. The van der Waals surface area contributed by atoms with E-state index in [-0.39, 0.29) is 79.0 Å². The van der Waals surface area contributed by atoms with E-state index in [1.807, 2.05) is 33.7 Å². The van der Waals surface area contributed by atoms with Gasteiger partial charge in [0.05, 0.1) is 36.5 Å². The zero-order valence-corrected chi connectivity index (χ0v) is 53.6. The van der Waals surface area contributed by atoms with Crippen LogP contribution in [0.2, 0.25) is 0 Å². The molecule has 4 aromatic rings. The number of methoxy groups -OCH3 is 1. The van der Waals surface area contributed by atoms with Crippen LogP contribution in [0.25, 0.3) is 17.2 Å². The molecule has 16 unspecified atom stereocenters. The highest BCUT2D eigenvalue weighted by Crippen LogP contribution is 2.66. The van der Waals surface area contributed by atoms with Gasteiger partial charge in [0.15, 0.2) is 18.3 Å². The van der Waals surface area contributed by atoms with E-state index in [1.54, 1.807) is 13.2 Å². The molecule has 3 saturated carbocycles. The number of dihydropyridines is 1. The molecule has 6 aliphatic heterocycles. The van der Waals surface area contributed by atoms with Crippen LogP contribution in [0.5, 0.6) is 28.7 Å². The van der Waals surface area contributed by atoms with E-state index < -0.39 is 53.8 Å². The summed E-state index contributed by atoms with van der Waals surface area (Å²) < 4.78 is 34.1. The number of phenols is 2. The van der Waals surface area contributed by atoms with E-state index >= 15 is 0 Å². The van der Waals surface area contributed by atoms with E-state index in [0.717, 1.165) is 95.2 Å². The molecule has 15 rings (SSSR count). The molecule has 4 aromatic carbocycles. The zero-order valence-electron chi connectivity index (χ0n) is 51.9. The number of hydrogen-bond acceptors (Lipinski definition) is 17. The lowest BCUT2D eigenvalue weighted by molar-refractivity contribution is -0.141. The van der Waals surface area contributed by atoms with Gasteiger partial charge in [0.2, 0.25) is 0 Å². The Morgan fingerprint density at radius 2 is 1.81 bits per heavy atom. The molecule has 16 atom stereocenters. The number of nitrogens with one attached hydrogen (secondary N) is 3. The van der Waals surface area contributed by atoms with Crippen LogP contribution in [-0.2, 0) is 44.5 Å². The maximum absolute atomic E-state index is 13.7. The predicted octanol–water partition coefficient (Wildman–Crippen LogP) is 9.59. The molecule has 91 heavy (non-hydrogen) atoms. The third-order valence-electron chi connectivity index (χ3n) is 22.7. The molecule has 0 aromatic heterocycles. The number of carbonyl (C=O) groups is 1. The van der Waals surface area contributed by atoms with Crippen molar-refractivity contribution in [1.29, 1.82) is 0 Å². The van der Waals surface area contributed by atoms with E-state index in [0.29, 0.717) is 102 Å². The summed E-state index contributed by atoms with van der Waals surface area (Å²) in [7, 11) is 5.42. The van der Waals surface area contributed by atoms with Crippen LogP contribution in [0.4, 0.5) is 0 Å². The fourth-order valence-corrected chi connectivity index (χ4v) is 21.4. The number of phenolic OH excluding ortho intramolecular Hbond substituents is 2. The lowest BCUT2D eigenvalue weighted by Crippen LogP contribution is -2.52. The van der Waals surface area contributed by atoms with Crippen molar-refractivity contribution in [2.45, 2.75) is 156 Å². The van der Waals surface area contributed by atoms with Crippen LogP contribution in [0.1, 0.15) is 146 Å². The van der Waals surface area contributed by atoms with Gasteiger partial charge in [-0.2, -0.15) is 0 Å². The van der Waals surface area contributed by atoms with E-state index in [9.17, 15) is 30.3 Å². The smallest absolute Gasteiger partial charge is 0.302 e. The first-order valence-corrected chi connectivity index (χ1v) is 35.7. The first-order chi connectivity index (χ1) is 44.4. The molecule has 11 aliphatic rings. The number of ether oxygens (including phenoxy) is 5. The Kier molecular flexibility index (Phi) is 16.8. The van der Waals surface area contributed by atoms with Gasteiger partial charge in [-0.1, -0.05) is 113 Å². The van der Waals surface area contributed by atoms with Gasteiger partial charge in [-0.05, 0) is 127 Å². The Bertz CT molecular complexity index is 3770. The number of hydrogen-bond donors (Lipinski definition) is 9. The van der Waals surface area contributed by atoms with Crippen LogP contribution >= 0.6 is 21.6 Å². The van der Waals surface area contributed by atoms with Gasteiger partial charge in [0.1, 0.15) is 42.0 Å². The second-order valence-electron chi connectivity index (χ2n) is 27.8. The Labute approximate surface area is 541 Å². The zero-order chi connectivity index (χ0) is 62.3. The first-order valence-electron chi connectivity index (χ1n) is 33.3. The fourth-order valence-electron chi connectivity index (χ4n) is 18.8. The maximum atomic E-state index is 13.7. The summed E-state index contributed by atoms with van der Waals surface area (Å²) >= 11 is 0. The molecule has 6 heterocycles. The average Bonchev–Trinajstić information content (AvgIpc) is 1.61. The Hall–Kier alpha value is -6.09. The van der Waals surface area contributed by atoms with Gasteiger partial charge < -0.3 is 70.9 Å². The number of benzene rings is 4. The lowest BCUT2D eigenvalue weighted by Gasteiger charge is -2.51. The summed E-state index contributed by atoms with van der Waals surface area (Å²) in [4.78, 5) is 13.5. The molecule has 10 N–H and O–H groups in total. The maximum Gasteiger partial charge on any atom is 0.302 e. The average molecular weight is 1270 g/mol. The van der Waals surface area contributed by atoms with Crippen LogP contribution in [0.3, 0.4) is 0 Å². The number of fused-ring (bicyclic) bond motifs is 16. The van der Waals surface area contributed by atoms with Crippen molar-refractivity contribution >= 4 is 33.6 Å². The Balaban J connectivity index is 1.08. The number of aliphatic hydroxyl groups excluding tert-OH is 3. The van der Waals surface area contributed by atoms with Gasteiger partial charge in [0.25, 0.3) is 0 Å². The third kappa shape index (κ3) is 10.7. The second kappa shape index (κ2) is 25.0. The third-order valence-corrected chi connectivity index (χ3v) is 25.2. The minimum Gasteiger partial charge on any atom is -0.508 e. The molecule has 478 valence electrons. The minimum atomic E-state index is -0.929. The summed E-state index contributed by atoms with van der Waals surface area (Å²) in [6.45, 7) is 1.43. The predicted molar refractivity (Wildman–Crippen MR) is 352 cm³/mol. The van der Waals surface area contributed by atoms with Crippen LogP contribution in [-0.4, -0.2) is 114 Å². The Morgan fingerprint density at radius 1 is 0.923 bits per heavy atom. The summed E-state index contributed by atoms with van der Waals surface area (Å²) in [5.41, 5.74) is 16.2. The van der Waals surface area contributed by atoms with Crippen molar-refractivity contribution in [2.24, 2.45) is 41.2 Å². The molecular formula is C74H84N4O11S2. The van der Waals surface area contributed by atoms with Crippen molar-refractivity contribution in [3.8, 4) is 63.6 Å². The summed E-state index contributed by atoms with van der Waals surface area (Å²) in [6.07, 6.45) is 16.7. The monoisotopic (exact) mass is 1270 g/mol. The minimum absolute atomic E-state index is 0.0314. The number of aliphatic hydroxyl groups is 3. The number of aromatic hydroxyl groups is 2. The normalized spacial score (nSPS) is 33.9. The molecular weight excluding hydrogens is 1180 g/mol. The summed E-state index contributed by atoms with van der Waals surface area (Å²) in [6, 6.07) is 16.6. The molecule has 11 bridgehead atoms. The topological polar surface area (TPSA) is 226 Å². The van der Waals surface area contributed by atoms with Crippen molar-refractivity contribution < 1.29 is 54.0 Å². The molecule has 5 aliphatic carbocycles. The van der Waals surface area contributed by atoms with Gasteiger partial charge >= 0.3 is 5.97 Å². The van der Waals surface area contributed by atoms with Crippen molar-refractivity contribution in [1.82, 2.24) is 16.0 Å². The fraction of sp³-hybridized carbons (Fsp3) is 0.527. The molecule has 0 radical (unpaired) electrons. The lowest BCUT2D eigenvalue weighted by atomic mass is 9.54. The van der Waals surface area contributed by atoms with Crippen molar-refractivity contribution in [3.63, 3.8) is 0 Å². The quantitative estimate of drug-likeness (QED) is 0.0363. The highest BCUT2D eigenvalue weighted by atomic mass is 33.1. The van der Waals surface area contributed by atoms with Crippen LogP contribution in [0.15, 0.2) is 78.0 Å². The van der Waals surface area contributed by atoms with Gasteiger partial charge in [-0.15, -0.1) is 0 Å². The first kappa shape index (κ1) is 61.1. The number of rotatable bonds is 7. The molecule has 15 nitrogen and oxygen atoms in total. The number of nitrogens with two attached hydrogens (primary N) is 1. The van der Waals surface area contributed by atoms with Crippen LogP contribution in [0, 0.1) is 59.2 Å². The van der Waals surface area contributed by atoms with Gasteiger partial charge in [-0.25, -0.2) is 0 Å². The number of esters is 1. The van der Waals surface area contributed by atoms with E-state index in [2.05, 4.69) is 94.3 Å². The van der Waals surface area contributed by atoms with E-state index in [4.69, 9.17) is 29.4 Å². The molecule has 2 spiro atoms. The highest BCUT2D eigenvalue weighted by molar-refractivity contribution is 8.76. The number of allylic oxidation sites excluding steroid dienone is 3. The summed E-state index contributed by atoms with van der Waals surface area (Å²) in [5.74, 6) is 15.7. The van der Waals surface area contributed by atoms with E-state index in [1.165, 1.54) is 13.3 Å². The van der Waals surface area contributed by atoms with Gasteiger partial charge in [0, 0.05) is 125 Å². The van der Waals surface area contributed by atoms with Crippen LogP contribution < -0.4 is 35.9 Å². The Morgan fingerprint density at radius 3 is 2.66 bits per heavy atom. The molecule has 0 amide bonds. The highest BCUT2D eigenvalue weighted by Gasteiger charge is 2.58. The van der Waals surface area contributed by atoms with Crippen molar-refractivity contribution in [3.05, 3.63) is 128 Å². The SMILES string of the molecule is COCC1C2C#CC3C#CC4=C(C=CC(N)N4)C(C4CCC5(Cc6cc(O)cc(OCO)c6-c6ccc7c(c65)OC(c5c6c(c(O)c(c53)CNCC1CO)OC1CSSCC3CCCC(C3)NC1C=C6)C7COC(C)=O)C4)C1(CCCCC1O)c1cccc(c1)C2. The molecule has 17 heteroatoms. The largest absolute Gasteiger partial charge is 0.508 e. The van der Waals surface area contributed by atoms with Gasteiger partial charge in [-0.3, -0.25) is 4.79 Å². The molecule has 1 saturated heterocycles. The summed E-state index contributed by atoms with van der Waals surface area (Å²) in [5, 5.41) is 72.4. The second-order valence-corrected chi connectivity index (χ2v) is 30.4. The molecule has 4 fully saturated rings. The standard InChI is InChI=1S/C74H84N4O11S2/c1-40(81)86-36-57-51-15-16-53-64-46(28-50(82)29-60(64)87-39-80)31-73-24-22-45(30-73)67-52-18-21-63(75)78-58(52)19-14-43-12-13-44(25-41-7-5-9-48(26-41)74(67)23-4-3-11-62(74)83)56(35-85-2)47(34-79)32-76-33-55-65(43)66(70(57)89-71(51)68(53)73)54-17-20-59-61(88-72(54)69(55)84)38-91-90-37-42-8-6-10-49(27-42)77-59/h5,7,9,15-18,20-21,26,28-29,42-45,47,49,56-57,59,61-63,67,70,76-80,82-84H,3-4,6,8,10-11,22-25,27,30-39,75H2,1-2H3. The van der Waals surface area contributed by atoms with Crippen molar-refractivity contribution in [2.75, 3.05) is 51.8 Å².